The first kappa shape index (κ1) is 18.6. The number of aryl methyl sites for hydroxylation is 1. The molecular weight excluding hydrogens is 364 g/mol. The molecule has 0 spiro atoms. The molecule has 4 rings (SSSR count). The quantitative estimate of drug-likeness (QED) is 0.472. The van der Waals surface area contributed by atoms with E-state index in [-0.39, 0.29) is 5.91 Å². The minimum absolute atomic E-state index is 0.116. The second kappa shape index (κ2) is 8.97. The minimum Gasteiger partial charge on any atom is -0.352 e. The molecule has 0 aliphatic heterocycles. The fourth-order valence-corrected chi connectivity index (χ4v) is 3.04. The molecule has 0 bridgehead atoms. The largest absolute Gasteiger partial charge is 0.352 e. The number of hydrogen-bond acceptors (Lipinski definition) is 4. The summed E-state index contributed by atoms with van der Waals surface area (Å²) in [5.41, 5.74) is 3.46. The summed E-state index contributed by atoms with van der Waals surface area (Å²) >= 11 is 0. The molecule has 0 aliphatic carbocycles. The van der Waals surface area contributed by atoms with Gasteiger partial charge in [-0.3, -0.25) is 14.5 Å². The molecule has 0 saturated heterocycles. The van der Waals surface area contributed by atoms with Crippen molar-refractivity contribution in [1.29, 1.82) is 0 Å². The topological polar surface area (TPSA) is 77.6 Å². The molecule has 4 aromatic rings. The van der Waals surface area contributed by atoms with E-state index >= 15 is 0 Å². The molecule has 0 unspecified atom stereocenters. The van der Waals surface area contributed by atoms with E-state index in [1.165, 1.54) is 5.56 Å². The van der Waals surface area contributed by atoms with E-state index in [1.54, 1.807) is 31.0 Å². The van der Waals surface area contributed by atoms with Crippen molar-refractivity contribution in [1.82, 2.24) is 29.6 Å². The molecule has 1 N–H and O–H groups in total. The number of nitrogens with one attached hydrogen (secondary N) is 1. The number of hydrogen-bond donors (Lipinski definition) is 1. The van der Waals surface area contributed by atoms with Crippen LogP contribution in [0.1, 0.15) is 22.3 Å². The Hall–Kier alpha value is -3.74. The van der Waals surface area contributed by atoms with Crippen LogP contribution in [0.2, 0.25) is 0 Å². The number of aromatic nitrogens is 5. The number of benzene rings is 1. The van der Waals surface area contributed by atoms with Crippen LogP contribution >= 0.6 is 0 Å². The van der Waals surface area contributed by atoms with E-state index in [0.29, 0.717) is 18.7 Å². The Bertz CT molecular complexity index is 1040. The summed E-state index contributed by atoms with van der Waals surface area (Å²) in [6.07, 6.45) is 11.6. The zero-order valence-corrected chi connectivity index (χ0v) is 16.0. The van der Waals surface area contributed by atoms with Crippen molar-refractivity contribution in [3.8, 4) is 11.3 Å². The summed E-state index contributed by atoms with van der Waals surface area (Å²) in [5, 5.41) is 7.33. The van der Waals surface area contributed by atoms with Crippen LogP contribution in [0, 0.1) is 0 Å². The van der Waals surface area contributed by atoms with Crippen LogP contribution in [0.4, 0.5) is 0 Å². The van der Waals surface area contributed by atoms with Crippen LogP contribution in [-0.4, -0.2) is 36.8 Å². The minimum atomic E-state index is -0.116. The zero-order valence-electron chi connectivity index (χ0n) is 16.0. The molecule has 1 aromatic carbocycles. The number of carbonyl (C=O) groups excluding carboxylic acids is 1. The maximum Gasteiger partial charge on any atom is 0.252 e. The van der Waals surface area contributed by atoms with Gasteiger partial charge in [0, 0.05) is 43.4 Å². The summed E-state index contributed by atoms with van der Waals surface area (Å²) in [5.74, 6) is -0.116. The summed E-state index contributed by atoms with van der Waals surface area (Å²) in [6, 6.07) is 13.8. The molecule has 7 nitrogen and oxygen atoms in total. The van der Waals surface area contributed by atoms with Gasteiger partial charge in [0.15, 0.2) is 0 Å². The number of amides is 1. The predicted octanol–water partition coefficient (Wildman–Crippen LogP) is 3.01. The van der Waals surface area contributed by atoms with Crippen molar-refractivity contribution in [3.05, 3.63) is 90.9 Å². The van der Waals surface area contributed by atoms with Crippen LogP contribution in [0.3, 0.4) is 0 Å². The summed E-state index contributed by atoms with van der Waals surface area (Å²) in [4.78, 5) is 20.7. The Morgan fingerprint density at radius 1 is 1.07 bits per heavy atom. The standard InChI is InChI=1S/C22H22N6O/c29-22(24-9-4-11-27-12-10-23-17-27)19-7-8-21(25-13-19)20-14-26-28(16-20)15-18-5-2-1-3-6-18/h1-3,5-8,10,12-14,16-17H,4,9,11,15H2,(H,24,29). The number of rotatable bonds is 8. The summed E-state index contributed by atoms with van der Waals surface area (Å²) in [7, 11) is 0. The van der Waals surface area contributed by atoms with Crippen molar-refractivity contribution in [2.75, 3.05) is 6.54 Å². The van der Waals surface area contributed by atoms with Gasteiger partial charge in [-0.1, -0.05) is 30.3 Å². The van der Waals surface area contributed by atoms with Gasteiger partial charge in [0.1, 0.15) is 0 Å². The third kappa shape index (κ3) is 4.95. The van der Waals surface area contributed by atoms with E-state index < -0.39 is 0 Å². The van der Waals surface area contributed by atoms with E-state index in [2.05, 4.69) is 32.5 Å². The zero-order chi connectivity index (χ0) is 19.9. The van der Waals surface area contributed by atoms with Crippen molar-refractivity contribution in [2.45, 2.75) is 19.5 Å². The Kier molecular flexibility index (Phi) is 5.76. The first-order valence-electron chi connectivity index (χ1n) is 9.55. The SMILES string of the molecule is O=C(NCCCn1ccnc1)c1ccc(-c2cnn(Cc3ccccc3)c2)nc1. The Labute approximate surface area is 169 Å². The first-order chi connectivity index (χ1) is 14.3. The fraction of sp³-hybridized carbons (Fsp3) is 0.182. The van der Waals surface area contributed by atoms with Crippen LogP contribution in [0.5, 0.6) is 0 Å². The highest BCUT2D eigenvalue weighted by molar-refractivity contribution is 5.94. The Morgan fingerprint density at radius 3 is 2.72 bits per heavy atom. The second-order valence-electron chi connectivity index (χ2n) is 6.75. The molecule has 3 heterocycles. The molecule has 0 atom stereocenters. The van der Waals surface area contributed by atoms with Gasteiger partial charge in [-0.15, -0.1) is 0 Å². The van der Waals surface area contributed by atoms with Crippen molar-refractivity contribution in [2.24, 2.45) is 0 Å². The van der Waals surface area contributed by atoms with Crippen LogP contribution in [0.15, 0.2) is 79.8 Å². The number of pyridine rings is 1. The van der Waals surface area contributed by atoms with Gasteiger partial charge in [-0.2, -0.15) is 5.10 Å². The van der Waals surface area contributed by atoms with E-state index in [1.807, 2.05) is 45.9 Å². The molecule has 3 aromatic heterocycles. The lowest BCUT2D eigenvalue weighted by atomic mass is 10.2. The van der Waals surface area contributed by atoms with Crippen LogP contribution in [0.25, 0.3) is 11.3 Å². The lowest BCUT2D eigenvalue weighted by Crippen LogP contribution is -2.25. The average Bonchev–Trinajstić information content (AvgIpc) is 3.44. The number of nitrogens with zero attached hydrogens (tertiary/aromatic N) is 5. The molecule has 0 fully saturated rings. The van der Waals surface area contributed by atoms with Gasteiger partial charge < -0.3 is 9.88 Å². The maximum absolute atomic E-state index is 12.3. The molecule has 0 saturated carbocycles. The van der Waals surface area contributed by atoms with Crippen molar-refractivity contribution in [3.63, 3.8) is 0 Å². The second-order valence-corrected chi connectivity index (χ2v) is 6.75. The average molecular weight is 386 g/mol. The van der Waals surface area contributed by atoms with Crippen LogP contribution in [-0.2, 0) is 13.1 Å². The van der Waals surface area contributed by atoms with Crippen molar-refractivity contribution >= 4 is 5.91 Å². The van der Waals surface area contributed by atoms with Gasteiger partial charge >= 0.3 is 0 Å². The number of imidazole rings is 1. The Morgan fingerprint density at radius 2 is 1.97 bits per heavy atom. The molecule has 1 amide bonds. The molecule has 29 heavy (non-hydrogen) atoms. The van der Waals surface area contributed by atoms with E-state index in [0.717, 1.165) is 24.2 Å². The Balaban J connectivity index is 1.31. The number of carbonyl (C=O) groups is 1. The smallest absolute Gasteiger partial charge is 0.252 e. The summed E-state index contributed by atoms with van der Waals surface area (Å²) in [6.45, 7) is 2.13. The highest BCUT2D eigenvalue weighted by atomic mass is 16.1. The molecule has 0 aliphatic rings. The molecule has 7 heteroatoms. The van der Waals surface area contributed by atoms with Gasteiger partial charge in [-0.05, 0) is 24.1 Å². The lowest BCUT2D eigenvalue weighted by Gasteiger charge is -2.06. The summed E-state index contributed by atoms with van der Waals surface area (Å²) < 4.78 is 3.87. The highest BCUT2D eigenvalue weighted by Gasteiger charge is 2.08. The molecule has 146 valence electrons. The normalized spacial score (nSPS) is 10.8. The fourth-order valence-electron chi connectivity index (χ4n) is 3.04. The van der Waals surface area contributed by atoms with Crippen LogP contribution < -0.4 is 5.32 Å². The van der Waals surface area contributed by atoms with E-state index in [4.69, 9.17) is 0 Å². The lowest BCUT2D eigenvalue weighted by molar-refractivity contribution is 0.0952. The van der Waals surface area contributed by atoms with Gasteiger partial charge in [-0.25, -0.2) is 4.98 Å². The van der Waals surface area contributed by atoms with E-state index in [9.17, 15) is 4.79 Å². The molecular formula is C22H22N6O. The predicted molar refractivity (Wildman–Crippen MR) is 110 cm³/mol. The van der Waals surface area contributed by atoms with Gasteiger partial charge in [0.2, 0.25) is 0 Å². The maximum atomic E-state index is 12.3. The third-order valence-electron chi connectivity index (χ3n) is 4.58. The van der Waals surface area contributed by atoms with Gasteiger partial charge in [0.25, 0.3) is 5.91 Å². The first-order valence-corrected chi connectivity index (χ1v) is 9.55. The molecule has 0 radical (unpaired) electrons. The third-order valence-corrected chi connectivity index (χ3v) is 4.58. The highest BCUT2D eigenvalue weighted by Crippen LogP contribution is 2.17. The monoisotopic (exact) mass is 386 g/mol. The van der Waals surface area contributed by atoms with Gasteiger partial charge in [0.05, 0.1) is 30.3 Å². The van der Waals surface area contributed by atoms with Crippen molar-refractivity contribution < 1.29 is 4.79 Å².